The zero-order valence-electron chi connectivity index (χ0n) is 11.4. The van der Waals surface area contributed by atoms with Crippen LogP contribution in [0.4, 0.5) is 5.69 Å². The highest BCUT2D eigenvalue weighted by Crippen LogP contribution is 2.26. The summed E-state index contributed by atoms with van der Waals surface area (Å²) in [4.78, 5) is 0.252. The number of hydrogen-bond acceptors (Lipinski definition) is 3. The molecule has 0 aliphatic heterocycles. The summed E-state index contributed by atoms with van der Waals surface area (Å²) in [5.74, 6) is 0.671. The normalized spacial score (nSPS) is 17.2. The van der Waals surface area contributed by atoms with Crippen LogP contribution in [-0.2, 0) is 10.0 Å². The van der Waals surface area contributed by atoms with Gasteiger partial charge in [-0.2, -0.15) is 0 Å². The van der Waals surface area contributed by atoms with Gasteiger partial charge in [0.15, 0.2) is 0 Å². The van der Waals surface area contributed by atoms with Crippen LogP contribution in [0.2, 0.25) is 0 Å². The van der Waals surface area contributed by atoms with Gasteiger partial charge in [-0.3, -0.25) is 0 Å². The Morgan fingerprint density at radius 2 is 1.95 bits per heavy atom. The third kappa shape index (κ3) is 4.20. The number of nitrogens with one attached hydrogen (secondary N) is 1. The maximum absolute atomic E-state index is 12.2. The lowest BCUT2D eigenvalue weighted by Crippen LogP contribution is -2.26. The molecule has 20 heavy (non-hydrogen) atoms. The van der Waals surface area contributed by atoms with Crippen molar-refractivity contribution in [2.45, 2.75) is 43.4 Å². The van der Waals surface area contributed by atoms with Gasteiger partial charge in [0.1, 0.15) is 0 Å². The molecule has 6 heteroatoms. The molecule has 0 unspecified atom stereocenters. The Balaban J connectivity index is 1.91. The zero-order chi connectivity index (χ0) is 14.6. The number of halogens is 1. The summed E-state index contributed by atoms with van der Waals surface area (Å²) in [6, 6.07) is 4.67. The van der Waals surface area contributed by atoms with E-state index in [0.717, 1.165) is 6.42 Å². The number of hydrogen-bond donors (Lipinski definition) is 2. The quantitative estimate of drug-likeness (QED) is 0.791. The van der Waals surface area contributed by atoms with E-state index in [1.54, 1.807) is 6.07 Å². The summed E-state index contributed by atoms with van der Waals surface area (Å²) in [5, 5.41) is 0. The van der Waals surface area contributed by atoms with Crippen molar-refractivity contribution in [3.05, 3.63) is 22.7 Å². The molecule has 1 aliphatic rings. The fraction of sp³-hybridized carbons (Fsp3) is 0.571. The average molecular weight is 361 g/mol. The Hall–Kier alpha value is -0.590. The molecule has 0 heterocycles. The zero-order valence-corrected chi connectivity index (χ0v) is 13.8. The van der Waals surface area contributed by atoms with Crippen LogP contribution in [0, 0.1) is 5.92 Å². The summed E-state index contributed by atoms with van der Waals surface area (Å²) in [6.45, 7) is 0.509. The highest BCUT2D eigenvalue weighted by Gasteiger charge is 2.17. The van der Waals surface area contributed by atoms with Crippen molar-refractivity contribution in [1.29, 1.82) is 0 Å². The Bertz CT molecular complexity index is 554. The lowest BCUT2D eigenvalue weighted by atomic mass is 9.87. The summed E-state index contributed by atoms with van der Waals surface area (Å²) in [6.07, 6.45) is 7.27. The molecule has 0 atom stereocenters. The SMILES string of the molecule is Nc1ccc(S(=O)(=O)NCCC2CCCCC2)cc1Br. The van der Waals surface area contributed by atoms with Gasteiger partial charge in [-0.25, -0.2) is 13.1 Å². The van der Waals surface area contributed by atoms with Gasteiger partial charge in [0.25, 0.3) is 0 Å². The first-order valence-corrected chi connectivity index (χ1v) is 9.31. The van der Waals surface area contributed by atoms with E-state index < -0.39 is 10.0 Å². The second-order valence-corrected chi connectivity index (χ2v) is 8.00. The minimum Gasteiger partial charge on any atom is -0.398 e. The molecule has 4 nitrogen and oxygen atoms in total. The van der Waals surface area contributed by atoms with Crippen molar-refractivity contribution in [3.8, 4) is 0 Å². The molecule has 1 fully saturated rings. The molecular weight excluding hydrogens is 340 g/mol. The second-order valence-electron chi connectivity index (χ2n) is 5.37. The molecule has 112 valence electrons. The van der Waals surface area contributed by atoms with Crippen molar-refractivity contribution in [2.75, 3.05) is 12.3 Å². The lowest BCUT2D eigenvalue weighted by Gasteiger charge is -2.21. The molecule has 1 saturated carbocycles. The highest BCUT2D eigenvalue weighted by molar-refractivity contribution is 9.10. The monoisotopic (exact) mass is 360 g/mol. The van der Waals surface area contributed by atoms with Crippen molar-refractivity contribution in [3.63, 3.8) is 0 Å². The molecule has 0 spiro atoms. The van der Waals surface area contributed by atoms with Crippen molar-refractivity contribution in [1.82, 2.24) is 4.72 Å². The first-order chi connectivity index (χ1) is 9.49. The molecule has 0 radical (unpaired) electrons. The summed E-state index contributed by atoms with van der Waals surface area (Å²) in [7, 11) is -3.44. The van der Waals surface area contributed by atoms with Crippen LogP contribution in [0.15, 0.2) is 27.6 Å². The van der Waals surface area contributed by atoms with E-state index in [1.807, 2.05) is 0 Å². The number of anilines is 1. The first-order valence-electron chi connectivity index (χ1n) is 7.04. The van der Waals surface area contributed by atoms with Gasteiger partial charge in [0.2, 0.25) is 10.0 Å². The van der Waals surface area contributed by atoms with Gasteiger partial charge in [0, 0.05) is 16.7 Å². The number of nitrogen functional groups attached to an aromatic ring is 1. The third-order valence-electron chi connectivity index (χ3n) is 3.85. The Morgan fingerprint density at radius 1 is 1.25 bits per heavy atom. The number of nitrogens with two attached hydrogens (primary N) is 1. The molecule has 0 bridgehead atoms. The molecule has 1 aliphatic carbocycles. The van der Waals surface area contributed by atoms with E-state index in [4.69, 9.17) is 5.73 Å². The highest BCUT2D eigenvalue weighted by atomic mass is 79.9. The van der Waals surface area contributed by atoms with Gasteiger partial charge in [-0.15, -0.1) is 0 Å². The summed E-state index contributed by atoms with van der Waals surface area (Å²) in [5.41, 5.74) is 6.20. The van der Waals surface area contributed by atoms with Crippen LogP contribution in [0.3, 0.4) is 0 Å². The Labute approximate surface area is 129 Å². The maximum atomic E-state index is 12.2. The molecule has 1 aromatic rings. The van der Waals surface area contributed by atoms with E-state index >= 15 is 0 Å². The van der Waals surface area contributed by atoms with Crippen molar-refractivity contribution < 1.29 is 8.42 Å². The van der Waals surface area contributed by atoms with E-state index in [9.17, 15) is 8.42 Å². The van der Waals surface area contributed by atoms with Gasteiger partial charge in [-0.1, -0.05) is 32.1 Å². The van der Waals surface area contributed by atoms with Crippen LogP contribution in [-0.4, -0.2) is 15.0 Å². The van der Waals surface area contributed by atoms with E-state index in [-0.39, 0.29) is 4.90 Å². The van der Waals surface area contributed by atoms with Crippen LogP contribution in [0.25, 0.3) is 0 Å². The minimum atomic E-state index is -3.44. The smallest absolute Gasteiger partial charge is 0.240 e. The van der Waals surface area contributed by atoms with Gasteiger partial charge in [0.05, 0.1) is 4.90 Å². The van der Waals surface area contributed by atoms with Gasteiger partial charge in [-0.05, 0) is 46.5 Å². The molecule has 1 aromatic carbocycles. The number of benzene rings is 1. The van der Waals surface area contributed by atoms with Crippen LogP contribution in [0.1, 0.15) is 38.5 Å². The molecule has 0 saturated heterocycles. The van der Waals surface area contributed by atoms with Crippen LogP contribution >= 0.6 is 15.9 Å². The number of sulfonamides is 1. The standard InChI is InChI=1S/C14H21BrN2O2S/c15-13-10-12(6-7-14(13)16)20(18,19)17-9-8-11-4-2-1-3-5-11/h6-7,10-11,17H,1-5,8-9,16H2. The fourth-order valence-electron chi connectivity index (χ4n) is 2.63. The average Bonchev–Trinajstić information content (AvgIpc) is 2.43. The van der Waals surface area contributed by atoms with Crippen LogP contribution < -0.4 is 10.5 Å². The summed E-state index contributed by atoms with van der Waals surface area (Å²) < 4.78 is 27.6. The molecular formula is C14H21BrN2O2S. The fourth-order valence-corrected chi connectivity index (χ4v) is 4.24. The Morgan fingerprint density at radius 3 is 2.60 bits per heavy atom. The van der Waals surface area contributed by atoms with Gasteiger partial charge < -0.3 is 5.73 Å². The van der Waals surface area contributed by atoms with E-state index in [1.165, 1.54) is 44.2 Å². The Kier molecular flexibility index (Phi) is 5.46. The van der Waals surface area contributed by atoms with Crippen molar-refractivity contribution in [2.24, 2.45) is 5.92 Å². The van der Waals surface area contributed by atoms with Gasteiger partial charge >= 0.3 is 0 Å². The predicted octanol–water partition coefficient (Wildman–Crippen LogP) is 3.28. The maximum Gasteiger partial charge on any atom is 0.240 e. The molecule has 2 rings (SSSR count). The second kappa shape index (κ2) is 6.91. The van der Waals surface area contributed by atoms with E-state index in [2.05, 4.69) is 20.7 Å². The minimum absolute atomic E-state index is 0.252. The first kappa shape index (κ1) is 15.8. The van der Waals surface area contributed by atoms with Crippen LogP contribution in [0.5, 0.6) is 0 Å². The summed E-state index contributed by atoms with van der Waals surface area (Å²) >= 11 is 3.25. The molecule has 3 N–H and O–H groups in total. The van der Waals surface area contributed by atoms with E-state index in [0.29, 0.717) is 22.6 Å². The largest absolute Gasteiger partial charge is 0.398 e. The van der Waals surface area contributed by atoms with Crippen molar-refractivity contribution >= 4 is 31.6 Å². The lowest BCUT2D eigenvalue weighted by molar-refractivity contribution is 0.339. The topological polar surface area (TPSA) is 72.2 Å². The number of rotatable bonds is 5. The molecule has 0 amide bonds. The predicted molar refractivity (Wildman–Crippen MR) is 84.9 cm³/mol. The third-order valence-corrected chi connectivity index (χ3v) is 6.00. The molecule has 0 aromatic heterocycles.